The summed E-state index contributed by atoms with van der Waals surface area (Å²) in [5, 5.41) is 11.8. The summed E-state index contributed by atoms with van der Waals surface area (Å²) >= 11 is 0. The molecule has 2 aromatic carbocycles. The second-order valence-electron chi connectivity index (χ2n) is 8.80. The molecule has 4 aromatic rings. The largest absolute Gasteiger partial charge is 0.494 e. The first kappa shape index (κ1) is 24.2. The molecule has 3 N–H and O–H groups in total. The number of hydrogen-bond acceptors (Lipinski definition) is 6. The minimum atomic E-state index is -1.95. The summed E-state index contributed by atoms with van der Waals surface area (Å²) < 4.78 is 11.2. The number of aromatic nitrogens is 1. The number of ether oxygens (including phenoxy) is 1. The van der Waals surface area contributed by atoms with E-state index in [1.54, 1.807) is 48.8 Å². The summed E-state index contributed by atoms with van der Waals surface area (Å²) in [5.74, 6) is -0.214. The molecule has 1 atom stereocenters. The molecule has 0 bridgehead atoms. The van der Waals surface area contributed by atoms with Gasteiger partial charge in [-0.2, -0.15) is 0 Å². The Morgan fingerprint density at radius 1 is 1.03 bits per heavy atom. The zero-order valence-electron chi connectivity index (χ0n) is 19.6. The van der Waals surface area contributed by atoms with Crippen molar-refractivity contribution >= 4 is 16.9 Å². The lowest BCUT2D eigenvalue weighted by Gasteiger charge is -2.24. The summed E-state index contributed by atoms with van der Waals surface area (Å²) in [5.41, 5.74) is 6.56. The molecule has 0 fully saturated rings. The molecule has 0 spiro atoms. The van der Waals surface area contributed by atoms with Gasteiger partial charge in [0.1, 0.15) is 11.3 Å². The van der Waals surface area contributed by atoms with Crippen LogP contribution in [0.25, 0.3) is 11.0 Å². The van der Waals surface area contributed by atoms with E-state index in [0.717, 1.165) is 23.8 Å². The number of aliphatic hydroxyl groups is 1. The van der Waals surface area contributed by atoms with E-state index in [4.69, 9.17) is 14.9 Å². The molecule has 7 heteroatoms. The predicted octanol–water partition coefficient (Wildman–Crippen LogP) is 3.51. The molecular formula is C28H28N2O5. The second kappa shape index (κ2) is 10.5. The third-order valence-corrected chi connectivity index (χ3v) is 5.95. The number of rotatable bonds is 10. The molecule has 0 radical (unpaired) electrons. The van der Waals surface area contributed by atoms with Gasteiger partial charge in [-0.25, -0.2) is 4.79 Å². The van der Waals surface area contributed by atoms with Crippen molar-refractivity contribution in [3.63, 3.8) is 0 Å². The number of pyridine rings is 1. The van der Waals surface area contributed by atoms with Gasteiger partial charge in [0, 0.05) is 36.2 Å². The summed E-state index contributed by atoms with van der Waals surface area (Å²) in [6, 6.07) is 18.2. The SMILES string of the molecule is Cc1ccc2oc(=O)c(CC(O)(Cc3ccc(OCCCc4ccncc4)cc3)C(N)=O)cc2c1. The van der Waals surface area contributed by atoms with Crippen molar-refractivity contribution in [2.24, 2.45) is 5.73 Å². The van der Waals surface area contributed by atoms with Crippen LogP contribution in [-0.2, 0) is 24.1 Å². The average molecular weight is 473 g/mol. The fourth-order valence-electron chi connectivity index (χ4n) is 4.02. The summed E-state index contributed by atoms with van der Waals surface area (Å²) in [6.45, 7) is 2.49. The van der Waals surface area contributed by atoms with E-state index in [0.29, 0.717) is 23.5 Å². The Morgan fingerprint density at radius 3 is 2.49 bits per heavy atom. The lowest BCUT2D eigenvalue weighted by Crippen LogP contribution is -2.48. The number of primary amides is 1. The smallest absolute Gasteiger partial charge is 0.339 e. The first-order valence-electron chi connectivity index (χ1n) is 11.5. The maximum atomic E-state index is 12.5. The van der Waals surface area contributed by atoms with E-state index in [1.165, 1.54) is 5.56 Å². The zero-order chi connectivity index (χ0) is 24.8. The van der Waals surface area contributed by atoms with Crippen LogP contribution in [0.1, 0.15) is 28.7 Å². The monoisotopic (exact) mass is 472 g/mol. The van der Waals surface area contributed by atoms with Crippen LogP contribution in [0.15, 0.2) is 82.3 Å². The Balaban J connectivity index is 1.41. The fraction of sp³-hybridized carbons (Fsp3) is 0.250. The second-order valence-corrected chi connectivity index (χ2v) is 8.80. The number of nitrogens with two attached hydrogens (primary N) is 1. The Hall–Kier alpha value is -3.97. The highest BCUT2D eigenvalue weighted by Gasteiger charge is 2.35. The molecule has 35 heavy (non-hydrogen) atoms. The maximum Gasteiger partial charge on any atom is 0.339 e. The summed E-state index contributed by atoms with van der Waals surface area (Å²) in [6.07, 6.45) is 5.01. The lowest BCUT2D eigenvalue weighted by molar-refractivity contribution is -0.136. The number of hydrogen-bond donors (Lipinski definition) is 2. The average Bonchev–Trinajstić information content (AvgIpc) is 2.84. The van der Waals surface area contributed by atoms with Crippen LogP contribution in [0.4, 0.5) is 0 Å². The molecule has 1 amide bonds. The van der Waals surface area contributed by atoms with Crippen molar-refractivity contribution in [1.29, 1.82) is 0 Å². The Bertz CT molecular complexity index is 1370. The van der Waals surface area contributed by atoms with Crippen molar-refractivity contribution in [1.82, 2.24) is 4.98 Å². The Labute approximate surface area is 203 Å². The first-order valence-corrected chi connectivity index (χ1v) is 11.5. The molecule has 2 aromatic heterocycles. The number of nitrogens with zero attached hydrogens (tertiary/aromatic N) is 1. The molecule has 0 aliphatic heterocycles. The first-order chi connectivity index (χ1) is 16.8. The molecule has 2 heterocycles. The highest BCUT2D eigenvalue weighted by molar-refractivity contribution is 5.84. The van der Waals surface area contributed by atoms with Gasteiger partial charge in [0.05, 0.1) is 6.61 Å². The maximum absolute atomic E-state index is 12.5. The van der Waals surface area contributed by atoms with Crippen LogP contribution < -0.4 is 16.1 Å². The van der Waals surface area contributed by atoms with Crippen molar-refractivity contribution in [3.8, 4) is 5.75 Å². The summed E-state index contributed by atoms with van der Waals surface area (Å²) in [4.78, 5) is 28.7. The molecule has 1 unspecified atom stereocenters. The van der Waals surface area contributed by atoms with Crippen molar-refractivity contribution in [3.05, 3.63) is 106 Å². The van der Waals surface area contributed by atoms with Gasteiger partial charge in [0.15, 0.2) is 5.60 Å². The van der Waals surface area contributed by atoms with E-state index in [9.17, 15) is 14.7 Å². The molecule has 0 saturated carbocycles. The molecular weight excluding hydrogens is 444 g/mol. The molecule has 4 rings (SSSR count). The van der Waals surface area contributed by atoms with E-state index >= 15 is 0 Å². The van der Waals surface area contributed by atoms with Crippen LogP contribution >= 0.6 is 0 Å². The van der Waals surface area contributed by atoms with Gasteiger partial charge in [-0.05, 0) is 73.4 Å². The fourth-order valence-corrected chi connectivity index (χ4v) is 4.02. The van der Waals surface area contributed by atoms with E-state index in [2.05, 4.69) is 4.98 Å². The minimum absolute atomic E-state index is 0.0457. The summed E-state index contributed by atoms with van der Waals surface area (Å²) in [7, 11) is 0. The lowest BCUT2D eigenvalue weighted by atomic mass is 9.87. The molecule has 0 aliphatic rings. The minimum Gasteiger partial charge on any atom is -0.494 e. The number of carbonyl (C=O) groups excluding carboxylic acids is 1. The Kier molecular flexibility index (Phi) is 7.27. The number of carbonyl (C=O) groups is 1. The zero-order valence-corrected chi connectivity index (χ0v) is 19.6. The normalized spacial score (nSPS) is 12.9. The van der Waals surface area contributed by atoms with Gasteiger partial charge in [-0.15, -0.1) is 0 Å². The third kappa shape index (κ3) is 6.13. The van der Waals surface area contributed by atoms with E-state index < -0.39 is 17.1 Å². The number of benzene rings is 2. The van der Waals surface area contributed by atoms with Crippen LogP contribution in [0.5, 0.6) is 5.75 Å². The standard InChI is InChI=1S/C28H28N2O5/c1-19-4-9-25-22(15-19)16-23(26(31)35-25)18-28(33,27(29)32)17-21-5-7-24(8-6-21)34-14-2-3-20-10-12-30-13-11-20/h4-13,15-16,33H,2-3,14,17-18H2,1H3,(H2,29,32). The van der Waals surface area contributed by atoms with Crippen LogP contribution in [0, 0.1) is 6.92 Å². The topological polar surface area (TPSA) is 116 Å². The van der Waals surface area contributed by atoms with Crippen LogP contribution in [-0.4, -0.2) is 28.2 Å². The number of fused-ring (bicyclic) bond motifs is 1. The molecule has 180 valence electrons. The third-order valence-electron chi connectivity index (χ3n) is 5.95. The van der Waals surface area contributed by atoms with Gasteiger partial charge >= 0.3 is 5.63 Å². The number of aryl methyl sites for hydroxylation is 2. The van der Waals surface area contributed by atoms with Crippen molar-refractivity contribution in [2.75, 3.05) is 6.61 Å². The van der Waals surface area contributed by atoms with Crippen molar-refractivity contribution < 1.29 is 19.1 Å². The quantitative estimate of drug-likeness (QED) is 0.270. The molecule has 0 aliphatic carbocycles. The van der Waals surface area contributed by atoms with Gasteiger partial charge < -0.3 is 20.0 Å². The van der Waals surface area contributed by atoms with E-state index in [-0.39, 0.29) is 18.4 Å². The highest BCUT2D eigenvalue weighted by atomic mass is 16.5. The van der Waals surface area contributed by atoms with Gasteiger partial charge in [-0.1, -0.05) is 23.8 Å². The molecule has 0 saturated heterocycles. The van der Waals surface area contributed by atoms with Gasteiger partial charge in [0.25, 0.3) is 0 Å². The van der Waals surface area contributed by atoms with Crippen molar-refractivity contribution in [2.45, 2.75) is 38.2 Å². The van der Waals surface area contributed by atoms with Gasteiger partial charge in [-0.3, -0.25) is 9.78 Å². The van der Waals surface area contributed by atoms with Crippen LogP contribution in [0.3, 0.4) is 0 Å². The van der Waals surface area contributed by atoms with Crippen LogP contribution in [0.2, 0.25) is 0 Å². The van der Waals surface area contributed by atoms with Gasteiger partial charge in [0.2, 0.25) is 5.91 Å². The van der Waals surface area contributed by atoms with E-state index in [1.807, 2.05) is 31.2 Å². The Morgan fingerprint density at radius 2 is 1.77 bits per heavy atom. The highest BCUT2D eigenvalue weighted by Crippen LogP contribution is 2.23. The number of amides is 1. The predicted molar refractivity (Wildman–Crippen MR) is 133 cm³/mol. The molecule has 7 nitrogen and oxygen atoms in total.